The standard InChI is InChI=1S/C13H22N2/c1-11(2)12(3)10-13(14-4)15-8-6-5-7-9-15/h10-11H,3-9H2,1-2H3/b13-10+. The van der Waals surface area contributed by atoms with Crippen molar-refractivity contribution in [3.05, 3.63) is 24.0 Å². The van der Waals surface area contributed by atoms with Crippen LogP contribution in [0.4, 0.5) is 0 Å². The van der Waals surface area contributed by atoms with Gasteiger partial charge >= 0.3 is 0 Å². The molecule has 84 valence electrons. The second-order valence-electron chi connectivity index (χ2n) is 4.44. The third-order valence-corrected chi connectivity index (χ3v) is 2.90. The van der Waals surface area contributed by atoms with E-state index in [9.17, 15) is 0 Å². The summed E-state index contributed by atoms with van der Waals surface area (Å²) in [5.74, 6) is 1.47. The molecule has 2 heteroatoms. The smallest absolute Gasteiger partial charge is 0.127 e. The number of piperidine rings is 1. The molecule has 1 fully saturated rings. The van der Waals surface area contributed by atoms with Crippen LogP contribution in [0, 0.1) is 5.92 Å². The highest BCUT2D eigenvalue weighted by Crippen LogP contribution is 2.18. The lowest BCUT2D eigenvalue weighted by atomic mass is 10.0. The zero-order valence-electron chi connectivity index (χ0n) is 10.00. The second kappa shape index (κ2) is 5.74. The lowest BCUT2D eigenvalue weighted by Crippen LogP contribution is -2.28. The Morgan fingerprint density at radius 3 is 2.33 bits per heavy atom. The molecule has 2 nitrogen and oxygen atoms in total. The summed E-state index contributed by atoms with van der Waals surface area (Å²) >= 11 is 0. The van der Waals surface area contributed by atoms with Crippen LogP contribution >= 0.6 is 0 Å². The van der Waals surface area contributed by atoms with Crippen LogP contribution in [0.5, 0.6) is 0 Å². The van der Waals surface area contributed by atoms with Crippen molar-refractivity contribution in [3.63, 3.8) is 0 Å². The van der Waals surface area contributed by atoms with Gasteiger partial charge in [0.25, 0.3) is 0 Å². The van der Waals surface area contributed by atoms with Crippen molar-refractivity contribution in [1.29, 1.82) is 0 Å². The molecule has 0 aromatic rings. The maximum Gasteiger partial charge on any atom is 0.127 e. The predicted molar refractivity (Wildman–Crippen MR) is 67.0 cm³/mol. The lowest BCUT2D eigenvalue weighted by molar-refractivity contribution is 0.283. The van der Waals surface area contributed by atoms with Crippen LogP contribution in [0.15, 0.2) is 29.0 Å². The van der Waals surface area contributed by atoms with Gasteiger partial charge in [-0.1, -0.05) is 20.4 Å². The van der Waals surface area contributed by atoms with Crippen LogP contribution in [0.1, 0.15) is 33.1 Å². The van der Waals surface area contributed by atoms with E-state index >= 15 is 0 Å². The summed E-state index contributed by atoms with van der Waals surface area (Å²) < 4.78 is 0. The molecule has 0 spiro atoms. The molecule has 1 aliphatic heterocycles. The Bertz CT molecular complexity index is 258. The molecule has 0 radical (unpaired) electrons. The Kier molecular flexibility index (Phi) is 4.60. The third-order valence-electron chi connectivity index (χ3n) is 2.90. The molecule has 1 rings (SSSR count). The van der Waals surface area contributed by atoms with Crippen molar-refractivity contribution in [2.24, 2.45) is 10.9 Å². The Morgan fingerprint density at radius 1 is 1.27 bits per heavy atom. The number of aliphatic imine (C=N–C) groups is 1. The Labute approximate surface area is 93.4 Å². The summed E-state index contributed by atoms with van der Waals surface area (Å²) in [4.78, 5) is 6.42. The number of allylic oxidation sites excluding steroid dienone is 2. The number of nitrogens with zero attached hydrogens (tertiary/aromatic N) is 2. The zero-order chi connectivity index (χ0) is 11.3. The molecular formula is C13H22N2. The molecule has 1 aliphatic rings. The minimum absolute atomic E-state index is 0.478. The first-order valence-corrected chi connectivity index (χ1v) is 5.77. The van der Waals surface area contributed by atoms with Gasteiger partial charge in [-0.05, 0) is 43.5 Å². The highest BCUT2D eigenvalue weighted by molar-refractivity contribution is 5.32. The van der Waals surface area contributed by atoms with Gasteiger partial charge in [0, 0.05) is 13.1 Å². The van der Waals surface area contributed by atoms with Crippen molar-refractivity contribution < 1.29 is 0 Å². The fourth-order valence-electron chi connectivity index (χ4n) is 1.69. The fourth-order valence-corrected chi connectivity index (χ4v) is 1.69. The Hall–Kier alpha value is -1.05. The summed E-state index contributed by atoms with van der Waals surface area (Å²) in [5, 5.41) is 0. The predicted octanol–water partition coefficient (Wildman–Crippen LogP) is 3.23. The summed E-state index contributed by atoms with van der Waals surface area (Å²) in [6.45, 7) is 14.2. The molecule has 0 aromatic carbocycles. The van der Waals surface area contributed by atoms with Gasteiger partial charge < -0.3 is 4.90 Å². The molecule has 0 saturated carbocycles. The maximum absolute atomic E-state index is 4.11. The maximum atomic E-state index is 4.11. The molecule has 0 atom stereocenters. The highest BCUT2D eigenvalue weighted by Gasteiger charge is 2.12. The third kappa shape index (κ3) is 3.54. The van der Waals surface area contributed by atoms with E-state index in [4.69, 9.17) is 0 Å². The number of likely N-dealkylation sites (tertiary alicyclic amines) is 1. The van der Waals surface area contributed by atoms with E-state index in [0.29, 0.717) is 5.92 Å². The average Bonchev–Trinajstić information content (AvgIpc) is 2.26. The Balaban J connectivity index is 2.68. The van der Waals surface area contributed by atoms with Gasteiger partial charge in [-0.2, -0.15) is 0 Å². The van der Waals surface area contributed by atoms with Crippen LogP contribution < -0.4 is 0 Å². The molecule has 0 amide bonds. The topological polar surface area (TPSA) is 15.6 Å². The van der Waals surface area contributed by atoms with Crippen LogP contribution in [0.3, 0.4) is 0 Å². The van der Waals surface area contributed by atoms with E-state index in [0.717, 1.165) is 24.5 Å². The molecule has 0 aromatic heterocycles. The van der Waals surface area contributed by atoms with Gasteiger partial charge in [0.1, 0.15) is 5.82 Å². The quantitative estimate of drug-likeness (QED) is 0.509. The molecule has 1 saturated heterocycles. The zero-order valence-corrected chi connectivity index (χ0v) is 10.00. The molecule has 0 aliphatic carbocycles. The van der Waals surface area contributed by atoms with E-state index in [-0.39, 0.29) is 0 Å². The number of rotatable bonds is 4. The minimum Gasteiger partial charge on any atom is -0.357 e. The van der Waals surface area contributed by atoms with Crippen molar-refractivity contribution in [2.45, 2.75) is 33.1 Å². The van der Waals surface area contributed by atoms with Gasteiger partial charge in [0.2, 0.25) is 0 Å². The molecular weight excluding hydrogens is 184 g/mol. The molecule has 0 N–H and O–H groups in total. The summed E-state index contributed by atoms with van der Waals surface area (Å²) in [6.07, 6.45) is 5.94. The van der Waals surface area contributed by atoms with Crippen LogP contribution in [0.2, 0.25) is 0 Å². The van der Waals surface area contributed by atoms with Gasteiger partial charge in [-0.25, -0.2) is 4.99 Å². The van der Waals surface area contributed by atoms with Gasteiger partial charge in [-0.15, -0.1) is 0 Å². The first kappa shape index (κ1) is 12.0. The SMILES string of the molecule is C=N/C(=C\C(=C)C(C)C)N1CCCCC1. The first-order chi connectivity index (χ1) is 7.15. The van der Waals surface area contributed by atoms with E-state index in [1.807, 2.05) is 0 Å². The summed E-state index contributed by atoms with van der Waals surface area (Å²) in [7, 11) is 0. The largest absolute Gasteiger partial charge is 0.357 e. The summed E-state index contributed by atoms with van der Waals surface area (Å²) in [5.41, 5.74) is 1.13. The molecule has 0 bridgehead atoms. The fraction of sp³-hybridized carbons (Fsp3) is 0.615. The van der Waals surface area contributed by atoms with E-state index in [1.165, 1.54) is 19.3 Å². The number of hydrogen-bond donors (Lipinski definition) is 0. The first-order valence-electron chi connectivity index (χ1n) is 5.77. The van der Waals surface area contributed by atoms with Crippen molar-refractivity contribution >= 4 is 6.72 Å². The van der Waals surface area contributed by atoms with Crippen molar-refractivity contribution in [3.8, 4) is 0 Å². The van der Waals surface area contributed by atoms with Crippen LogP contribution in [-0.4, -0.2) is 24.7 Å². The van der Waals surface area contributed by atoms with Crippen molar-refractivity contribution in [1.82, 2.24) is 4.90 Å². The van der Waals surface area contributed by atoms with Gasteiger partial charge in [0.15, 0.2) is 0 Å². The van der Waals surface area contributed by atoms with Gasteiger partial charge in [0.05, 0.1) is 0 Å². The lowest BCUT2D eigenvalue weighted by Gasteiger charge is -2.29. The molecule has 15 heavy (non-hydrogen) atoms. The van der Waals surface area contributed by atoms with Crippen LogP contribution in [0.25, 0.3) is 0 Å². The van der Waals surface area contributed by atoms with Crippen molar-refractivity contribution in [2.75, 3.05) is 13.1 Å². The highest BCUT2D eigenvalue weighted by atomic mass is 15.2. The van der Waals surface area contributed by atoms with E-state index in [2.05, 4.69) is 43.1 Å². The molecule has 0 unspecified atom stereocenters. The number of hydrogen-bond acceptors (Lipinski definition) is 2. The normalized spacial score (nSPS) is 18.1. The monoisotopic (exact) mass is 206 g/mol. The Morgan fingerprint density at radius 2 is 1.87 bits per heavy atom. The second-order valence-corrected chi connectivity index (χ2v) is 4.44. The van der Waals surface area contributed by atoms with E-state index < -0.39 is 0 Å². The van der Waals surface area contributed by atoms with Gasteiger partial charge in [-0.3, -0.25) is 0 Å². The van der Waals surface area contributed by atoms with E-state index in [1.54, 1.807) is 0 Å². The average molecular weight is 206 g/mol. The summed E-state index contributed by atoms with van der Waals surface area (Å²) in [6, 6.07) is 0. The minimum atomic E-state index is 0.478. The molecule has 1 heterocycles. The van der Waals surface area contributed by atoms with Crippen LogP contribution in [-0.2, 0) is 0 Å².